The number of carbonyl (C=O) groups excluding carboxylic acids is 2. The van der Waals surface area contributed by atoms with E-state index >= 15 is 0 Å². The van der Waals surface area contributed by atoms with Gasteiger partial charge in [-0.2, -0.15) is 4.98 Å². The van der Waals surface area contributed by atoms with Gasteiger partial charge >= 0.3 is 5.97 Å². The molecular weight excluding hydrogens is 415 g/mol. The fraction of sp³-hybridized carbons (Fsp3) is 0.455. The lowest BCUT2D eigenvalue weighted by Crippen LogP contribution is -2.35. The van der Waals surface area contributed by atoms with Crippen molar-refractivity contribution < 1.29 is 18.7 Å². The first-order valence-corrected chi connectivity index (χ1v) is 10.7. The summed E-state index contributed by atoms with van der Waals surface area (Å²) in [5.74, 6) is -1.29. The van der Waals surface area contributed by atoms with Crippen LogP contribution in [0.2, 0.25) is 0 Å². The van der Waals surface area contributed by atoms with E-state index in [0.29, 0.717) is 13.0 Å². The molecule has 0 spiro atoms. The number of carbonyl (C=O) groups is 2. The fourth-order valence-electron chi connectivity index (χ4n) is 4.38. The number of fused-ring (bicyclic) bond motifs is 1. The van der Waals surface area contributed by atoms with Crippen molar-refractivity contribution in [1.29, 1.82) is 0 Å². The second-order valence-electron chi connectivity index (χ2n) is 8.23. The predicted molar refractivity (Wildman–Crippen MR) is 117 cm³/mol. The molecule has 32 heavy (non-hydrogen) atoms. The molecule has 1 fully saturated rings. The van der Waals surface area contributed by atoms with Gasteiger partial charge in [0.2, 0.25) is 11.9 Å². The van der Waals surface area contributed by atoms with Gasteiger partial charge in [-0.25, -0.2) is 9.37 Å². The van der Waals surface area contributed by atoms with Crippen LogP contribution in [0.3, 0.4) is 0 Å². The van der Waals surface area contributed by atoms with Gasteiger partial charge in [-0.05, 0) is 42.5 Å². The van der Waals surface area contributed by atoms with Crippen LogP contribution in [-0.2, 0) is 27.3 Å². The number of methoxy groups -OCH3 is 1. The quantitative estimate of drug-likeness (QED) is 0.556. The summed E-state index contributed by atoms with van der Waals surface area (Å²) in [6, 6.07) is 5.70. The molecule has 4 rings (SSSR count). The number of nitrogens with one attached hydrogen (secondary N) is 2. The molecular formula is C22H27FN6O3. The molecule has 2 heterocycles. The van der Waals surface area contributed by atoms with Crippen LogP contribution in [0, 0.1) is 11.7 Å². The van der Waals surface area contributed by atoms with Crippen LogP contribution in [0.25, 0.3) is 0 Å². The number of nitrogens with two attached hydrogens (primary N) is 1. The summed E-state index contributed by atoms with van der Waals surface area (Å²) >= 11 is 0. The van der Waals surface area contributed by atoms with Gasteiger partial charge in [-0.3, -0.25) is 14.5 Å². The third-order valence-corrected chi connectivity index (χ3v) is 6.08. The van der Waals surface area contributed by atoms with Crippen LogP contribution in [0.4, 0.5) is 21.8 Å². The Balaban J connectivity index is 1.47. The molecule has 0 saturated heterocycles. The van der Waals surface area contributed by atoms with Gasteiger partial charge in [0.25, 0.3) is 0 Å². The zero-order valence-electron chi connectivity index (χ0n) is 17.9. The third kappa shape index (κ3) is 4.96. The van der Waals surface area contributed by atoms with Crippen molar-refractivity contribution in [3.05, 3.63) is 41.3 Å². The number of rotatable bonds is 7. The molecule has 170 valence electrons. The Bertz CT molecular complexity index is 1020. The number of amides is 1. The van der Waals surface area contributed by atoms with Crippen molar-refractivity contribution in [1.82, 2.24) is 14.9 Å². The van der Waals surface area contributed by atoms with Gasteiger partial charge < -0.3 is 21.1 Å². The SMILES string of the molecule is COC(=O)CN1CCc2ccc(Nc3ncc(F)c(N[C@H]4CCC[C@H]4C(N)=O)n3)cc2C1. The Morgan fingerprint density at radius 3 is 2.94 bits per heavy atom. The molecule has 1 aliphatic heterocycles. The zero-order valence-corrected chi connectivity index (χ0v) is 17.9. The van der Waals surface area contributed by atoms with Crippen LogP contribution in [-0.4, -0.2) is 53.0 Å². The third-order valence-electron chi connectivity index (χ3n) is 6.08. The Labute approximate surface area is 185 Å². The molecule has 9 nitrogen and oxygen atoms in total. The van der Waals surface area contributed by atoms with Gasteiger partial charge in [0, 0.05) is 24.8 Å². The van der Waals surface area contributed by atoms with Crippen molar-refractivity contribution in [2.24, 2.45) is 11.7 Å². The Morgan fingerprint density at radius 2 is 2.16 bits per heavy atom. The lowest BCUT2D eigenvalue weighted by Gasteiger charge is -2.28. The van der Waals surface area contributed by atoms with Crippen LogP contribution in [0.1, 0.15) is 30.4 Å². The lowest BCUT2D eigenvalue weighted by molar-refractivity contribution is -0.142. The van der Waals surface area contributed by atoms with Crippen LogP contribution >= 0.6 is 0 Å². The average Bonchev–Trinajstić information content (AvgIpc) is 3.24. The molecule has 1 saturated carbocycles. The normalized spacial score (nSPS) is 20.4. The van der Waals surface area contributed by atoms with E-state index in [1.54, 1.807) is 0 Å². The maximum absolute atomic E-state index is 14.3. The smallest absolute Gasteiger partial charge is 0.319 e. The summed E-state index contributed by atoms with van der Waals surface area (Å²) in [5.41, 5.74) is 8.54. The molecule has 0 unspecified atom stereocenters. The predicted octanol–water partition coefficient (Wildman–Crippen LogP) is 1.96. The highest BCUT2D eigenvalue weighted by molar-refractivity contribution is 5.78. The Hall–Kier alpha value is -3.27. The maximum Gasteiger partial charge on any atom is 0.319 e. The minimum Gasteiger partial charge on any atom is -0.468 e. The minimum atomic E-state index is -0.588. The zero-order chi connectivity index (χ0) is 22.7. The van der Waals surface area contributed by atoms with E-state index < -0.39 is 5.82 Å². The van der Waals surface area contributed by atoms with Crippen molar-refractivity contribution in [2.45, 2.75) is 38.3 Å². The van der Waals surface area contributed by atoms with E-state index in [1.165, 1.54) is 12.7 Å². The second kappa shape index (κ2) is 9.47. The Kier molecular flexibility index (Phi) is 6.50. The van der Waals surface area contributed by atoms with Crippen LogP contribution in [0.15, 0.2) is 24.4 Å². The van der Waals surface area contributed by atoms with Gasteiger partial charge in [-0.15, -0.1) is 0 Å². The number of primary amides is 1. The highest BCUT2D eigenvalue weighted by Gasteiger charge is 2.32. The van der Waals surface area contributed by atoms with Crippen LogP contribution in [0.5, 0.6) is 0 Å². The lowest BCUT2D eigenvalue weighted by atomic mass is 9.99. The number of nitrogens with zero attached hydrogens (tertiary/aromatic N) is 3. The summed E-state index contributed by atoms with van der Waals surface area (Å²) < 4.78 is 19.1. The van der Waals surface area contributed by atoms with E-state index in [-0.39, 0.29) is 42.1 Å². The van der Waals surface area contributed by atoms with Crippen molar-refractivity contribution >= 4 is 29.3 Å². The largest absolute Gasteiger partial charge is 0.468 e. The molecule has 2 atom stereocenters. The maximum atomic E-state index is 14.3. The first-order chi connectivity index (χ1) is 15.4. The average molecular weight is 442 g/mol. The van der Waals surface area contributed by atoms with Crippen molar-refractivity contribution in [3.63, 3.8) is 0 Å². The van der Waals surface area contributed by atoms with Gasteiger partial charge in [0.15, 0.2) is 11.6 Å². The first-order valence-electron chi connectivity index (χ1n) is 10.7. The minimum absolute atomic E-state index is 0.0443. The van der Waals surface area contributed by atoms with E-state index in [0.717, 1.165) is 43.3 Å². The molecule has 1 aliphatic carbocycles. The van der Waals surface area contributed by atoms with E-state index in [4.69, 9.17) is 10.5 Å². The highest BCUT2D eigenvalue weighted by atomic mass is 19.1. The topological polar surface area (TPSA) is 122 Å². The molecule has 1 amide bonds. The summed E-state index contributed by atoms with van der Waals surface area (Å²) in [4.78, 5) is 33.6. The molecule has 0 radical (unpaired) electrons. The van der Waals surface area contributed by atoms with Crippen molar-refractivity contribution in [2.75, 3.05) is 30.8 Å². The molecule has 1 aromatic heterocycles. The first kappa shape index (κ1) is 21.9. The number of aromatic nitrogens is 2. The van der Waals surface area contributed by atoms with E-state index in [9.17, 15) is 14.0 Å². The Morgan fingerprint density at radius 1 is 1.31 bits per heavy atom. The monoisotopic (exact) mass is 442 g/mol. The number of halogens is 1. The molecule has 1 aromatic carbocycles. The van der Waals surface area contributed by atoms with Gasteiger partial charge in [0.1, 0.15) is 0 Å². The number of hydrogen-bond acceptors (Lipinski definition) is 8. The fourth-order valence-corrected chi connectivity index (χ4v) is 4.38. The summed E-state index contributed by atoms with van der Waals surface area (Å²) in [6.45, 7) is 1.67. The standard InChI is InChI=1S/C22H27FN6O3/c1-32-19(30)12-29-8-7-13-5-6-15(9-14(13)11-29)26-22-25-10-17(23)21(28-22)27-18-4-2-3-16(18)20(24)31/h5-6,9-10,16,18H,2-4,7-8,11-12H2,1H3,(H2,24,31)(H2,25,26,27,28)/t16-,18+/m1/s1. The summed E-state index contributed by atoms with van der Waals surface area (Å²) in [7, 11) is 1.38. The molecule has 10 heteroatoms. The number of anilines is 3. The number of hydrogen-bond donors (Lipinski definition) is 3. The van der Waals surface area contributed by atoms with E-state index in [1.807, 2.05) is 23.1 Å². The van der Waals surface area contributed by atoms with E-state index in [2.05, 4.69) is 20.6 Å². The number of esters is 1. The number of benzene rings is 1. The molecule has 2 aromatic rings. The highest BCUT2D eigenvalue weighted by Crippen LogP contribution is 2.29. The van der Waals surface area contributed by atoms with Crippen LogP contribution < -0.4 is 16.4 Å². The molecule has 2 aliphatic rings. The summed E-state index contributed by atoms with van der Waals surface area (Å²) in [5, 5.41) is 6.15. The van der Waals surface area contributed by atoms with Gasteiger partial charge in [0.05, 0.1) is 25.8 Å². The van der Waals surface area contributed by atoms with Crippen molar-refractivity contribution in [3.8, 4) is 0 Å². The van der Waals surface area contributed by atoms with Gasteiger partial charge in [-0.1, -0.05) is 12.5 Å². The molecule has 4 N–H and O–H groups in total. The molecule has 0 bridgehead atoms. The summed E-state index contributed by atoms with van der Waals surface area (Å²) in [6.07, 6.45) is 4.21. The number of ether oxygens (including phenoxy) is 1. The second-order valence-corrected chi connectivity index (χ2v) is 8.23.